The van der Waals surface area contributed by atoms with E-state index in [0.29, 0.717) is 13.1 Å². The molecule has 3 rings (SSSR count). The predicted octanol–water partition coefficient (Wildman–Crippen LogP) is 0.495. The standard InChI is InChI=1S/C12H14N4O/c17-12-7-14-3-4-16(12)8-10-5-9-6-13-2-1-11(9)15-10/h1-2,5-6,14-15H,3-4,7-8H2. The van der Waals surface area contributed by atoms with Crippen LogP contribution >= 0.6 is 0 Å². The second kappa shape index (κ2) is 4.18. The highest BCUT2D eigenvalue weighted by atomic mass is 16.2. The van der Waals surface area contributed by atoms with E-state index < -0.39 is 0 Å². The molecule has 88 valence electrons. The van der Waals surface area contributed by atoms with Gasteiger partial charge in [0.1, 0.15) is 0 Å². The van der Waals surface area contributed by atoms with Gasteiger partial charge in [0.2, 0.25) is 5.91 Å². The van der Waals surface area contributed by atoms with Crippen molar-refractivity contribution in [2.45, 2.75) is 6.54 Å². The SMILES string of the molecule is O=C1CNCCN1Cc1cc2cnccc2[nH]1. The average molecular weight is 230 g/mol. The van der Waals surface area contributed by atoms with Gasteiger partial charge in [0.15, 0.2) is 0 Å². The summed E-state index contributed by atoms with van der Waals surface area (Å²) in [5, 5.41) is 4.15. The van der Waals surface area contributed by atoms with Crippen molar-refractivity contribution in [3.63, 3.8) is 0 Å². The normalized spacial score (nSPS) is 16.7. The number of aromatic nitrogens is 2. The summed E-state index contributed by atoms with van der Waals surface area (Å²) in [6, 6.07) is 4.00. The van der Waals surface area contributed by atoms with E-state index in [4.69, 9.17) is 0 Å². The van der Waals surface area contributed by atoms with Crippen LogP contribution in [-0.4, -0.2) is 40.4 Å². The lowest BCUT2D eigenvalue weighted by Crippen LogP contribution is -2.47. The summed E-state index contributed by atoms with van der Waals surface area (Å²) in [5.41, 5.74) is 2.13. The number of aromatic amines is 1. The summed E-state index contributed by atoms with van der Waals surface area (Å²) in [5.74, 6) is 0.160. The average Bonchev–Trinajstić information content (AvgIpc) is 2.74. The lowest BCUT2D eigenvalue weighted by Gasteiger charge is -2.26. The minimum atomic E-state index is 0.160. The molecule has 1 saturated heterocycles. The van der Waals surface area contributed by atoms with Gasteiger partial charge in [-0.15, -0.1) is 0 Å². The van der Waals surface area contributed by atoms with Gasteiger partial charge in [-0.05, 0) is 12.1 Å². The first kappa shape index (κ1) is 10.3. The van der Waals surface area contributed by atoms with Crippen LogP contribution in [0.25, 0.3) is 10.9 Å². The number of pyridine rings is 1. The van der Waals surface area contributed by atoms with Crippen LogP contribution in [0, 0.1) is 0 Å². The van der Waals surface area contributed by atoms with Crippen molar-refractivity contribution in [3.8, 4) is 0 Å². The number of amides is 1. The quantitative estimate of drug-likeness (QED) is 0.789. The minimum absolute atomic E-state index is 0.160. The highest BCUT2D eigenvalue weighted by Crippen LogP contribution is 2.15. The largest absolute Gasteiger partial charge is 0.357 e. The van der Waals surface area contributed by atoms with Crippen LogP contribution in [0.3, 0.4) is 0 Å². The number of carbonyl (C=O) groups excluding carboxylic acids is 1. The van der Waals surface area contributed by atoms with E-state index in [1.807, 2.05) is 17.2 Å². The number of H-pyrrole nitrogens is 1. The predicted molar refractivity (Wildman–Crippen MR) is 64.4 cm³/mol. The second-order valence-electron chi connectivity index (χ2n) is 4.25. The lowest BCUT2D eigenvalue weighted by atomic mass is 10.3. The summed E-state index contributed by atoms with van der Waals surface area (Å²) in [4.78, 5) is 20.9. The lowest BCUT2D eigenvalue weighted by molar-refractivity contribution is -0.132. The number of fused-ring (bicyclic) bond motifs is 1. The van der Waals surface area contributed by atoms with E-state index in [2.05, 4.69) is 21.4 Å². The Labute approximate surface area is 98.8 Å². The van der Waals surface area contributed by atoms with Gasteiger partial charge in [-0.1, -0.05) is 0 Å². The molecule has 2 aromatic heterocycles. The first-order valence-corrected chi connectivity index (χ1v) is 5.73. The van der Waals surface area contributed by atoms with Crippen LogP contribution in [0.5, 0.6) is 0 Å². The number of hydrogen-bond donors (Lipinski definition) is 2. The number of nitrogens with zero attached hydrogens (tertiary/aromatic N) is 2. The maximum Gasteiger partial charge on any atom is 0.236 e. The van der Waals surface area contributed by atoms with Gasteiger partial charge in [-0.25, -0.2) is 0 Å². The molecule has 1 amide bonds. The Morgan fingerprint density at radius 1 is 1.47 bits per heavy atom. The molecule has 0 aliphatic carbocycles. The first-order chi connectivity index (χ1) is 8.33. The molecule has 5 nitrogen and oxygen atoms in total. The third-order valence-electron chi connectivity index (χ3n) is 3.03. The second-order valence-corrected chi connectivity index (χ2v) is 4.25. The summed E-state index contributed by atoms with van der Waals surface area (Å²) in [6.45, 7) is 2.73. The van der Waals surface area contributed by atoms with Crippen LogP contribution in [0.1, 0.15) is 5.69 Å². The summed E-state index contributed by atoms with van der Waals surface area (Å²) < 4.78 is 0. The Balaban J connectivity index is 1.82. The third-order valence-corrected chi connectivity index (χ3v) is 3.03. The smallest absolute Gasteiger partial charge is 0.236 e. The molecule has 0 saturated carbocycles. The molecule has 1 aliphatic rings. The van der Waals surface area contributed by atoms with Gasteiger partial charge in [0.05, 0.1) is 13.1 Å². The Morgan fingerprint density at radius 2 is 2.41 bits per heavy atom. The van der Waals surface area contributed by atoms with E-state index in [1.165, 1.54) is 0 Å². The Kier molecular flexibility index (Phi) is 2.53. The Bertz CT molecular complexity index is 515. The zero-order valence-corrected chi connectivity index (χ0v) is 9.44. The van der Waals surface area contributed by atoms with Gasteiger partial charge in [-0.3, -0.25) is 9.78 Å². The van der Waals surface area contributed by atoms with Crippen molar-refractivity contribution in [2.75, 3.05) is 19.6 Å². The fraction of sp³-hybridized carbons (Fsp3) is 0.333. The molecule has 2 N–H and O–H groups in total. The molecule has 0 spiro atoms. The van der Waals surface area contributed by atoms with Crippen LogP contribution in [0.4, 0.5) is 0 Å². The number of carbonyl (C=O) groups is 1. The molecule has 0 unspecified atom stereocenters. The van der Waals surface area contributed by atoms with Crippen molar-refractivity contribution in [2.24, 2.45) is 0 Å². The van der Waals surface area contributed by atoms with Crippen molar-refractivity contribution in [3.05, 3.63) is 30.2 Å². The maximum atomic E-state index is 11.7. The molecule has 1 fully saturated rings. The van der Waals surface area contributed by atoms with E-state index >= 15 is 0 Å². The van der Waals surface area contributed by atoms with Crippen molar-refractivity contribution in [1.29, 1.82) is 0 Å². The van der Waals surface area contributed by atoms with Crippen molar-refractivity contribution in [1.82, 2.24) is 20.2 Å². The molecule has 17 heavy (non-hydrogen) atoms. The van der Waals surface area contributed by atoms with Gasteiger partial charge in [-0.2, -0.15) is 0 Å². The number of rotatable bonds is 2. The molecule has 0 atom stereocenters. The number of piperazine rings is 1. The molecule has 3 heterocycles. The fourth-order valence-corrected chi connectivity index (χ4v) is 2.14. The van der Waals surface area contributed by atoms with Crippen LogP contribution in [-0.2, 0) is 11.3 Å². The molecule has 5 heteroatoms. The van der Waals surface area contributed by atoms with E-state index in [1.54, 1.807) is 6.20 Å². The van der Waals surface area contributed by atoms with Gasteiger partial charge >= 0.3 is 0 Å². The van der Waals surface area contributed by atoms with Gasteiger partial charge < -0.3 is 15.2 Å². The number of nitrogens with one attached hydrogen (secondary N) is 2. The number of hydrogen-bond acceptors (Lipinski definition) is 3. The summed E-state index contributed by atoms with van der Waals surface area (Å²) in [7, 11) is 0. The van der Waals surface area contributed by atoms with Crippen LogP contribution in [0.2, 0.25) is 0 Å². The highest BCUT2D eigenvalue weighted by Gasteiger charge is 2.18. The molecule has 0 radical (unpaired) electrons. The third kappa shape index (κ3) is 2.01. The monoisotopic (exact) mass is 230 g/mol. The molecular weight excluding hydrogens is 216 g/mol. The van der Waals surface area contributed by atoms with Crippen molar-refractivity contribution >= 4 is 16.8 Å². The Morgan fingerprint density at radius 3 is 3.24 bits per heavy atom. The van der Waals surface area contributed by atoms with E-state index in [9.17, 15) is 4.79 Å². The highest BCUT2D eigenvalue weighted by molar-refractivity contribution is 5.80. The van der Waals surface area contributed by atoms with Gasteiger partial charge in [0.25, 0.3) is 0 Å². The molecule has 0 aromatic carbocycles. The fourth-order valence-electron chi connectivity index (χ4n) is 2.14. The van der Waals surface area contributed by atoms with E-state index in [0.717, 1.165) is 29.7 Å². The summed E-state index contributed by atoms with van der Waals surface area (Å²) in [6.07, 6.45) is 3.59. The molecular formula is C12H14N4O. The topological polar surface area (TPSA) is 61.0 Å². The van der Waals surface area contributed by atoms with Crippen LogP contribution in [0.15, 0.2) is 24.5 Å². The maximum absolute atomic E-state index is 11.7. The molecule has 1 aliphatic heterocycles. The first-order valence-electron chi connectivity index (χ1n) is 5.73. The molecule has 0 bridgehead atoms. The molecule has 2 aromatic rings. The van der Waals surface area contributed by atoms with Crippen molar-refractivity contribution < 1.29 is 4.79 Å². The van der Waals surface area contributed by atoms with Crippen LogP contribution < -0.4 is 5.32 Å². The zero-order chi connectivity index (χ0) is 11.7. The minimum Gasteiger partial charge on any atom is -0.357 e. The summed E-state index contributed by atoms with van der Waals surface area (Å²) >= 11 is 0. The van der Waals surface area contributed by atoms with E-state index in [-0.39, 0.29) is 5.91 Å². The van der Waals surface area contributed by atoms with Gasteiger partial charge in [0, 0.05) is 42.1 Å². The zero-order valence-electron chi connectivity index (χ0n) is 9.44. The Hall–Kier alpha value is -1.88.